The molecule has 4 rings (SSSR count). The zero-order valence-electron chi connectivity index (χ0n) is 17.0. The van der Waals surface area contributed by atoms with Crippen molar-refractivity contribution in [1.29, 1.82) is 0 Å². The van der Waals surface area contributed by atoms with E-state index in [2.05, 4.69) is 15.3 Å². The van der Waals surface area contributed by atoms with Gasteiger partial charge in [-0.1, -0.05) is 12.1 Å². The van der Waals surface area contributed by atoms with Crippen molar-refractivity contribution >= 4 is 11.9 Å². The molecule has 1 saturated heterocycles. The quantitative estimate of drug-likeness (QED) is 0.492. The van der Waals surface area contributed by atoms with Gasteiger partial charge in [0.15, 0.2) is 0 Å². The number of benzene rings is 1. The van der Waals surface area contributed by atoms with Crippen molar-refractivity contribution in [3.05, 3.63) is 69.9 Å². The van der Waals surface area contributed by atoms with Crippen molar-refractivity contribution in [2.75, 3.05) is 18.5 Å². The van der Waals surface area contributed by atoms with Crippen LogP contribution >= 0.6 is 0 Å². The molecule has 12 heteroatoms. The number of nitrogens with two attached hydrogens (primary N) is 1. The summed E-state index contributed by atoms with van der Waals surface area (Å²) < 4.78 is 51.0. The third kappa shape index (κ3) is 5.12. The Balaban J connectivity index is 1.48. The minimum Gasteiger partial charge on any atom is -0.489 e. The summed E-state index contributed by atoms with van der Waals surface area (Å²) in [6.45, 7) is 1.36. The fraction of sp³-hybridized carbons (Fsp3) is 0.238. The standard InChI is InChI=1S/C21H18F3N5O4/c22-21(23,24)17-15(5-16(18(25)30)19(31)29-17)12-1-3-14(4-2-12)33-8-11-6-26-20(27-7-11)28-13-9-32-10-13/h1-7,13H,8-10H2,(H2,25,30)(H,29,31)(H,26,27,28). The highest BCUT2D eigenvalue weighted by Crippen LogP contribution is 2.35. The number of primary amides is 1. The maximum Gasteiger partial charge on any atom is 0.431 e. The number of halogens is 3. The number of ether oxygens (including phenoxy) is 2. The zero-order valence-corrected chi connectivity index (χ0v) is 17.0. The predicted octanol–water partition coefficient (Wildman–Crippen LogP) is 2.34. The highest BCUT2D eigenvalue weighted by Gasteiger charge is 2.36. The van der Waals surface area contributed by atoms with Crippen molar-refractivity contribution in [2.45, 2.75) is 18.8 Å². The van der Waals surface area contributed by atoms with Gasteiger partial charge in [0, 0.05) is 23.5 Å². The molecule has 4 N–H and O–H groups in total. The molecule has 1 aromatic carbocycles. The highest BCUT2D eigenvalue weighted by molar-refractivity contribution is 5.94. The molecule has 2 aromatic heterocycles. The summed E-state index contributed by atoms with van der Waals surface area (Å²) in [4.78, 5) is 33.3. The molecule has 3 heterocycles. The van der Waals surface area contributed by atoms with Crippen LogP contribution in [0.4, 0.5) is 19.1 Å². The second kappa shape index (κ2) is 8.90. The predicted molar refractivity (Wildman–Crippen MR) is 111 cm³/mol. The Morgan fingerprint density at radius 1 is 1.21 bits per heavy atom. The van der Waals surface area contributed by atoms with E-state index in [0.29, 0.717) is 30.5 Å². The maximum absolute atomic E-state index is 13.4. The SMILES string of the molecule is NC(=O)c1cc(-c2ccc(OCc3cnc(NC4COC4)nc3)cc2)c(C(F)(F)F)[nH]c1=O. The van der Waals surface area contributed by atoms with Crippen LogP contribution in [0.1, 0.15) is 21.6 Å². The number of aromatic amines is 1. The number of anilines is 1. The van der Waals surface area contributed by atoms with Crippen LogP contribution < -0.4 is 21.3 Å². The number of rotatable bonds is 7. The Morgan fingerprint density at radius 3 is 2.42 bits per heavy atom. The van der Waals surface area contributed by atoms with Gasteiger partial charge in [0.25, 0.3) is 11.5 Å². The number of alkyl halides is 3. The van der Waals surface area contributed by atoms with Crippen LogP contribution in [0.25, 0.3) is 11.1 Å². The normalized spacial score (nSPS) is 13.9. The van der Waals surface area contributed by atoms with Crippen molar-refractivity contribution < 1.29 is 27.4 Å². The molecule has 0 radical (unpaired) electrons. The van der Waals surface area contributed by atoms with Crippen molar-refractivity contribution in [1.82, 2.24) is 15.0 Å². The highest BCUT2D eigenvalue weighted by atomic mass is 19.4. The number of pyridine rings is 1. The van der Waals surface area contributed by atoms with E-state index in [9.17, 15) is 22.8 Å². The lowest BCUT2D eigenvalue weighted by atomic mass is 10.0. The number of H-pyrrole nitrogens is 1. The summed E-state index contributed by atoms with van der Waals surface area (Å²) in [7, 11) is 0. The van der Waals surface area contributed by atoms with E-state index in [1.807, 2.05) is 0 Å². The molecule has 3 aromatic rings. The van der Waals surface area contributed by atoms with Gasteiger partial charge >= 0.3 is 6.18 Å². The van der Waals surface area contributed by atoms with E-state index in [1.54, 1.807) is 17.4 Å². The van der Waals surface area contributed by atoms with E-state index in [4.69, 9.17) is 15.2 Å². The molecular formula is C21H18F3N5O4. The molecule has 0 atom stereocenters. The summed E-state index contributed by atoms with van der Waals surface area (Å²) in [6.07, 6.45) is -1.64. The van der Waals surface area contributed by atoms with Gasteiger partial charge in [-0.15, -0.1) is 0 Å². The Morgan fingerprint density at radius 2 is 1.88 bits per heavy atom. The largest absolute Gasteiger partial charge is 0.489 e. The number of hydrogen-bond donors (Lipinski definition) is 3. The van der Waals surface area contributed by atoms with Gasteiger partial charge in [-0.2, -0.15) is 13.2 Å². The topological polar surface area (TPSA) is 132 Å². The van der Waals surface area contributed by atoms with Gasteiger partial charge in [0.1, 0.15) is 23.6 Å². The number of hydrogen-bond acceptors (Lipinski definition) is 7. The minimum atomic E-state index is -4.84. The smallest absolute Gasteiger partial charge is 0.431 e. The van der Waals surface area contributed by atoms with Crippen LogP contribution in [0.15, 0.2) is 47.5 Å². The average molecular weight is 461 g/mol. The van der Waals surface area contributed by atoms with Crippen molar-refractivity contribution in [3.63, 3.8) is 0 Å². The number of carbonyl (C=O) groups is 1. The molecule has 0 saturated carbocycles. The van der Waals surface area contributed by atoms with Gasteiger partial charge in [-0.25, -0.2) is 9.97 Å². The first-order valence-electron chi connectivity index (χ1n) is 9.73. The first-order valence-corrected chi connectivity index (χ1v) is 9.73. The molecule has 1 aliphatic rings. The van der Waals surface area contributed by atoms with E-state index < -0.39 is 28.9 Å². The summed E-state index contributed by atoms with van der Waals surface area (Å²) in [5, 5.41) is 3.11. The fourth-order valence-corrected chi connectivity index (χ4v) is 3.07. The van der Waals surface area contributed by atoms with Gasteiger partial charge < -0.3 is 25.5 Å². The van der Waals surface area contributed by atoms with Gasteiger partial charge in [-0.05, 0) is 23.8 Å². The number of nitrogens with zero attached hydrogens (tertiary/aromatic N) is 2. The van der Waals surface area contributed by atoms with Gasteiger partial charge in [0.2, 0.25) is 5.95 Å². The summed E-state index contributed by atoms with van der Waals surface area (Å²) >= 11 is 0. The number of carbonyl (C=O) groups excluding carboxylic acids is 1. The molecule has 0 spiro atoms. The van der Waals surface area contributed by atoms with Gasteiger partial charge in [0.05, 0.1) is 19.3 Å². The van der Waals surface area contributed by atoms with Crippen LogP contribution in [0.3, 0.4) is 0 Å². The molecule has 1 aliphatic heterocycles. The second-order valence-electron chi connectivity index (χ2n) is 7.27. The first kappa shape index (κ1) is 22.3. The minimum absolute atomic E-state index is 0.118. The molecule has 0 unspecified atom stereocenters. The lowest BCUT2D eigenvalue weighted by Gasteiger charge is -2.26. The molecular weight excluding hydrogens is 443 g/mol. The Labute approximate surface area is 184 Å². The monoisotopic (exact) mass is 461 g/mol. The molecule has 172 valence electrons. The summed E-state index contributed by atoms with van der Waals surface area (Å²) in [5.74, 6) is -0.260. The molecule has 0 bridgehead atoms. The van der Waals surface area contributed by atoms with Crippen LogP contribution in [0.5, 0.6) is 5.75 Å². The summed E-state index contributed by atoms with van der Waals surface area (Å²) in [5.41, 5.74) is 2.49. The van der Waals surface area contributed by atoms with E-state index in [-0.39, 0.29) is 23.8 Å². The lowest BCUT2D eigenvalue weighted by molar-refractivity contribution is -0.140. The molecule has 1 fully saturated rings. The lowest BCUT2D eigenvalue weighted by Crippen LogP contribution is -2.40. The van der Waals surface area contributed by atoms with Crippen LogP contribution in [0, 0.1) is 0 Å². The first-order chi connectivity index (χ1) is 15.7. The van der Waals surface area contributed by atoms with Gasteiger partial charge in [-0.3, -0.25) is 9.59 Å². The summed E-state index contributed by atoms with van der Waals surface area (Å²) in [6, 6.07) is 6.74. The Bertz CT molecular complexity index is 1210. The van der Waals surface area contributed by atoms with E-state index in [1.165, 1.54) is 24.3 Å². The number of aromatic nitrogens is 3. The van der Waals surface area contributed by atoms with E-state index >= 15 is 0 Å². The van der Waals surface area contributed by atoms with E-state index in [0.717, 1.165) is 6.07 Å². The third-order valence-electron chi connectivity index (χ3n) is 4.84. The Hall–Kier alpha value is -3.93. The fourth-order valence-electron chi connectivity index (χ4n) is 3.07. The molecule has 0 aliphatic carbocycles. The van der Waals surface area contributed by atoms with Crippen molar-refractivity contribution in [3.8, 4) is 16.9 Å². The molecule has 1 amide bonds. The van der Waals surface area contributed by atoms with Crippen molar-refractivity contribution in [2.24, 2.45) is 5.73 Å². The average Bonchev–Trinajstić information content (AvgIpc) is 2.75. The third-order valence-corrected chi connectivity index (χ3v) is 4.84. The van der Waals surface area contributed by atoms with Crippen LogP contribution in [0.2, 0.25) is 0 Å². The molecule has 33 heavy (non-hydrogen) atoms. The second-order valence-corrected chi connectivity index (χ2v) is 7.27. The number of amides is 1. The Kier molecular flexibility index (Phi) is 6.01. The van der Waals surface area contributed by atoms with Crippen LogP contribution in [-0.2, 0) is 17.5 Å². The van der Waals surface area contributed by atoms with Crippen LogP contribution in [-0.4, -0.2) is 40.1 Å². The zero-order chi connectivity index (χ0) is 23.6. The number of nitrogens with one attached hydrogen (secondary N) is 2. The molecule has 9 nitrogen and oxygen atoms in total. The maximum atomic E-state index is 13.4.